The van der Waals surface area contributed by atoms with Gasteiger partial charge in [0.15, 0.2) is 0 Å². The molecular formula is C13H12N4O3. The number of aromatic nitrogens is 2. The highest BCUT2D eigenvalue weighted by molar-refractivity contribution is 5.85. The van der Waals surface area contributed by atoms with Crippen LogP contribution < -0.4 is 5.32 Å². The first-order valence-electron chi connectivity index (χ1n) is 5.94. The number of nitrogens with zero attached hydrogens (tertiary/aromatic N) is 2. The molecule has 7 nitrogen and oxygen atoms in total. The number of carbonyl (C=O) groups excluding carboxylic acids is 1. The van der Waals surface area contributed by atoms with Crippen LogP contribution in [-0.2, 0) is 4.79 Å². The van der Waals surface area contributed by atoms with Crippen molar-refractivity contribution in [3.05, 3.63) is 34.0 Å². The first-order chi connectivity index (χ1) is 9.58. The topological polar surface area (TPSA) is 101 Å². The summed E-state index contributed by atoms with van der Waals surface area (Å²) in [6.07, 6.45) is 0.521. The number of nitro benzene ring substituents is 1. The van der Waals surface area contributed by atoms with Crippen LogP contribution in [0.5, 0.6) is 0 Å². The van der Waals surface area contributed by atoms with Crippen LogP contribution in [-0.4, -0.2) is 27.6 Å². The highest BCUT2D eigenvalue weighted by Crippen LogP contribution is 2.20. The minimum absolute atomic E-state index is 0.00540. The molecule has 2 aromatic rings. The molecule has 1 amide bonds. The Bertz CT molecular complexity index is 724. The number of carbonyl (C=O) groups is 1. The number of non-ortho nitro benzene ring substituents is 1. The molecule has 1 heterocycles. The van der Waals surface area contributed by atoms with Crippen molar-refractivity contribution in [3.63, 3.8) is 0 Å². The molecule has 0 fully saturated rings. The molecule has 2 rings (SSSR count). The molecule has 0 atom stereocenters. The van der Waals surface area contributed by atoms with Crippen molar-refractivity contribution in [3.8, 4) is 11.8 Å². The van der Waals surface area contributed by atoms with Gasteiger partial charge >= 0.3 is 0 Å². The van der Waals surface area contributed by atoms with Gasteiger partial charge < -0.3 is 5.32 Å². The van der Waals surface area contributed by atoms with E-state index in [4.69, 9.17) is 0 Å². The van der Waals surface area contributed by atoms with Crippen LogP contribution in [0.2, 0.25) is 0 Å². The number of hydrogen-bond acceptors (Lipinski definition) is 4. The second-order valence-corrected chi connectivity index (χ2v) is 4.09. The van der Waals surface area contributed by atoms with E-state index in [0.717, 1.165) is 5.39 Å². The minimum Gasteiger partial charge on any atom is -0.355 e. The molecule has 1 aromatic heterocycles. The van der Waals surface area contributed by atoms with Crippen LogP contribution in [0.3, 0.4) is 0 Å². The zero-order chi connectivity index (χ0) is 14.5. The van der Waals surface area contributed by atoms with Crippen molar-refractivity contribution in [1.29, 1.82) is 0 Å². The average molecular weight is 272 g/mol. The number of amides is 1. The van der Waals surface area contributed by atoms with Gasteiger partial charge in [0, 0.05) is 37.4 Å². The van der Waals surface area contributed by atoms with Gasteiger partial charge in [-0.3, -0.25) is 20.0 Å². The van der Waals surface area contributed by atoms with Crippen molar-refractivity contribution in [2.45, 2.75) is 13.3 Å². The molecule has 0 aliphatic heterocycles. The molecular weight excluding hydrogens is 260 g/mol. The van der Waals surface area contributed by atoms with E-state index >= 15 is 0 Å². The van der Waals surface area contributed by atoms with E-state index in [2.05, 4.69) is 27.4 Å². The molecule has 0 aliphatic rings. The lowest BCUT2D eigenvalue weighted by Crippen LogP contribution is -2.20. The molecule has 2 N–H and O–H groups in total. The predicted molar refractivity (Wildman–Crippen MR) is 72.9 cm³/mol. The Morgan fingerprint density at radius 1 is 1.55 bits per heavy atom. The Morgan fingerprint density at radius 2 is 2.35 bits per heavy atom. The zero-order valence-electron chi connectivity index (χ0n) is 10.8. The first-order valence-corrected chi connectivity index (χ1v) is 5.94. The smallest absolute Gasteiger partial charge is 0.271 e. The molecule has 0 radical (unpaired) electrons. The molecule has 102 valence electrons. The predicted octanol–water partition coefficient (Wildman–Crippen LogP) is 1.35. The molecule has 0 unspecified atom stereocenters. The zero-order valence-corrected chi connectivity index (χ0v) is 10.8. The van der Waals surface area contributed by atoms with Gasteiger partial charge in [-0.2, -0.15) is 5.10 Å². The minimum atomic E-state index is -0.465. The summed E-state index contributed by atoms with van der Waals surface area (Å²) >= 11 is 0. The van der Waals surface area contributed by atoms with Crippen LogP contribution in [0.4, 0.5) is 5.69 Å². The highest BCUT2D eigenvalue weighted by atomic mass is 16.6. The second-order valence-electron chi connectivity index (χ2n) is 4.09. The highest BCUT2D eigenvalue weighted by Gasteiger charge is 2.09. The summed E-state index contributed by atoms with van der Waals surface area (Å²) in [5, 5.41) is 20.8. The van der Waals surface area contributed by atoms with Crippen LogP contribution >= 0.6 is 0 Å². The average Bonchev–Trinajstić information content (AvgIpc) is 2.80. The number of aromatic amines is 1. The molecule has 0 spiro atoms. The van der Waals surface area contributed by atoms with Gasteiger partial charge in [0.1, 0.15) is 11.2 Å². The summed E-state index contributed by atoms with van der Waals surface area (Å²) < 4.78 is 0. The normalized spacial score (nSPS) is 9.85. The molecule has 7 heteroatoms. The Hall–Kier alpha value is -2.88. The van der Waals surface area contributed by atoms with Gasteiger partial charge in [0.25, 0.3) is 5.69 Å². The number of benzene rings is 1. The molecule has 0 aliphatic carbocycles. The Labute approximate surface area is 114 Å². The number of nitrogens with one attached hydrogen (secondary N) is 2. The molecule has 0 saturated heterocycles. The lowest BCUT2D eigenvalue weighted by atomic mass is 10.2. The van der Waals surface area contributed by atoms with Crippen LogP contribution in [0.1, 0.15) is 19.0 Å². The fraction of sp³-hybridized carbons (Fsp3) is 0.231. The van der Waals surface area contributed by atoms with Crippen molar-refractivity contribution >= 4 is 22.5 Å². The first kappa shape index (κ1) is 13.5. The van der Waals surface area contributed by atoms with Gasteiger partial charge in [-0.1, -0.05) is 5.92 Å². The van der Waals surface area contributed by atoms with E-state index in [0.29, 0.717) is 24.2 Å². The van der Waals surface area contributed by atoms with Crippen LogP contribution in [0.15, 0.2) is 18.2 Å². The monoisotopic (exact) mass is 272 g/mol. The molecule has 0 bridgehead atoms. The third-order valence-electron chi connectivity index (χ3n) is 2.59. The maximum Gasteiger partial charge on any atom is 0.271 e. The fourth-order valence-electron chi connectivity index (χ4n) is 1.66. The molecule has 0 saturated carbocycles. The van der Waals surface area contributed by atoms with Gasteiger partial charge in [0.05, 0.1) is 4.92 Å². The quantitative estimate of drug-likeness (QED) is 0.381. The summed E-state index contributed by atoms with van der Waals surface area (Å²) in [6.45, 7) is 1.93. The summed E-state index contributed by atoms with van der Waals surface area (Å²) in [7, 11) is 0. The number of hydrogen-bond donors (Lipinski definition) is 2. The lowest BCUT2D eigenvalue weighted by Gasteiger charge is -1.94. The summed E-state index contributed by atoms with van der Waals surface area (Å²) in [5.41, 5.74) is 1.11. The van der Waals surface area contributed by atoms with Crippen LogP contribution in [0.25, 0.3) is 10.9 Å². The van der Waals surface area contributed by atoms with E-state index in [1.54, 1.807) is 6.07 Å². The van der Waals surface area contributed by atoms with Gasteiger partial charge in [-0.25, -0.2) is 0 Å². The maximum atomic E-state index is 10.7. The molecule has 20 heavy (non-hydrogen) atoms. The number of fused-ring (bicyclic) bond motifs is 1. The third kappa shape index (κ3) is 3.11. The maximum absolute atomic E-state index is 10.7. The van der Waals surface area contributed by atoms with Gasteiger partial charge in [0.2, 0.25) is 5.91 Å². The summed E-state index contributed by atoms with van der Waals surface area (Å²) in [5.74, 6) is 5.71. The third-order valence-corrected chi connectivity index (χ3v) is 2.59. The Morgan fingerprint density at radius 3 is 3.05 bits per heavy atom. The van der Waals surface area contributed by atoms with E-state index in [9.17, 15) is 14.9 Å². The summed E-state index contributed by atoms with van der Waals surface area (Å²) in [4.78, 5) is 20.9. The van der Waals surface area contributed by atoms with E-state index < -0.39 is 4.92 Å². The number of H-pyrrole nitrogens is 1. The SMILES string of the molecule is CC(=O)NCCC#Cc1[nH]nc2cc([N+](=O)[O-])ccc12. The van der Waals surface area contributed by atoms with Crippen molar-refractivity contribution in [2.75, 3.05) is 6.54 Å². The van der Waals surface area contributed by atoms with Crippen molar-refractivity contribution in [2.24, 2.45) is 0 Å². The largest absolute Gasteiger partial charge is 0.355 e. The number of nitro groups is 1. The van der Waals surface area contributed by atoms with E-state index in [1.165, 1.54) is 19.1 Å². The second kappa shape index (κ2) is 5.84. The van der Waals surface area contributed by atoms with Crippen molar-refractivity contribution in [1.82, 2.24) is 15.5 Å². The van der Waals surface area contributed by atoms with Gasteiger partial charge in [-0.15, -0.1) is 0 Å². The molecule has 1 aromatic carbocycles. The summed E-state index contributed by atoms with van der Waals surface area (Å²) in [6, 6.07) is 4.43. The van der Waals surface area contributed by atoms with E-state index in [-0.39, 0.29) is 11.6 Å². The Balaban J connectivity index is 2.14. The van der Waals surface area contributed by atoms with Crippen LogP contribution in [0, 0.1) is 22.0 Å². The Kier molecular flexibility index (Phi) is 3.96. The van der Waals surface area contributed by atoms with Crippen molar-refractivity contribution < 1.29 is 9.72 Å². The fourth-order valence-corrected chi connectivity index (χ4v) is 1.66. The number of rotatable bonds is 3. The standard InChI is InChI=1S/C13H12N4O3/c1-9(18)14-7-3-2-4-12-11-6-5-10(17(19)20)8-13(11)16-15-12/h5-6,8H,3,7H2,1H3,(H,14,18)(H,15,16). The van der Waals surface area contributed by atoms with Gasteiger partial charge in [-0.05, 0) is 12.0 Å². The van der Waals surface area contributed by atoms with E-state index in [1.807, 2.05) is 0 Å². The lowest BCUT2D eigenvalue weighted by molar-refractivity contribution is -0.384.